The van der Waals surface area contributed by atoms with Gasteiger partial charge in [0.15, 0.2) is 0 Å². The molecule has 0 saturated carbocycles. The van der Waals surface area contributed by atoms with Gasteiger partial charge in [-0.3, -0.25) is 0 Å². The van der Waals surface area contributed by atoms with Gasteiger partial charge in [0.1, 0.15) is 0 Å². The Kier molecular flexibility index (Phi) is 9.44. The summed E-state index contributed by atoms with van der Waals surface area (Å²) in [5.74, 6) is 0. The SMILES string of the molecule is CC1(C)c2ccccc2-c2ccc(N(c3ccc(C4(c5ccccc5)c5ccccc5C5(c6ccccc6)c6ccccc6-c6cccc4c65)cc3)c3cc(-c4ccccc4)cc(-c4ccccc4)c3)cc21. The first kappa shape index (κ1) is 42.1. The second kappa shape index (κ2) is 16.1. The van der Waals surface area contributed by atoms with Crippen LogP contribution in [-0.2, 0) is 16.2 Å². The summed E-state index contributed by atoms with van der Waals surface area (Å²) in [5, 5.41) is 0. The van der Waals surface area contributed by atoms with Gasteiger partial charge in [-0.2, -0.15) is 0 Å². The summed E-state index contributed by atoms with van der Waals surface area (Å²) in [6, 6.07) is 102. The first-order chi connectivity index (χ1) is 35.5. The topological polar surface area (TPSA) is 3.24 Å². The van der Waals surface area contributed by atoms with Crippen LogP contribution in [0.25, 0.3) is 44.5 Å². The molecule has 0 heterocycles. The van der Waals surface area contributed by atoms with Gasteiger partial charge in [0.2, 0.25) is 0 Å². The molecule has 0 bridgehead atoms. The molecule has 0 aliphatic heterocycles. The number of hydrogen-bond donors (Lipinski definition) is 0. The summed E-state index contributed by atoms with van der Waals surface area (Å²) in [6.45, 7) is 4.75. The van der Waals surface area contributed by atoms with E-state index in [1.807, 2.05) is 0 Å². The molecule has 0 amide bonds. The second-order valence-electron chi connectivity index (χ2n) is 20.3. The van der Waals surface area contributed by atoms with Gasteiger partial charge < -0.3 is 4.90 Å². The Morgan fingerprint density at radius 3 is 1.29 bits per heavy atom. The minimum absolute atomic E-state index is 0.167. The van der Waals surface area contributed by atoms with Crippen LogP contribution < -0.4 is 4.90 Å². The van der Waals surface area contributed by atoms with Crippen molar-refractivity contribution in [1.82, 2.24) is 0 Å². The van der Waals surface area contributed by atoms with Crippen molar-refractivity contribution in [1.29, 1.82) is 0 Å². The van der Waals surface area contributed by atoms with E-state index in [2.05, 4.69) is 292 Å². The quantitative estimate of drug-likeness (QED) is 0.147. The Bertz CT molecular complexity index is 3820. The van der Waals surface area contributed by atoms with Crippen LogP contribution in [0.5, 0.6) is 0 Å². The van der Waals surface area contributed by atoms with Crippen LogP contribution >= 0.6 is 0 Å². The zero-order valence-corrected chi connectivity index (χ0v) is 40.4. The molecule has 340 valence electrons. The fourth-order valence-electron chi connectivity index (χ4n) is 13.3. The fourth-order valence-corrected chi connectivity index (χ4v) is 13.3. The molecule has 14 rings (SSSR count). The van der Waals surface area contributed by atoms with Gasteiger partial charge in [-0.25, -0.2) is 0 Å². The Hall–Kier alpha value is -8.78. The molecular weight excluding hydrogens is 867 g/mol. The predicted molar refractivity (Wildman–Crippen MR) is 299 cm³/mol. The van der Waals surface area contributed by atoms with Crippen LogP contribution in [-0.4, -0.2) is 0 Å². The summed E-state index contributed by atoms with van der Waals surface area (Å²) >= 11 is 0. The summed E-state index contributed by atoms with van der Waals surface area (Å²) in [4.78, 5) is 2.49. The molecule has 0 fully saturated rings. The molecule has 3 aliphatic rings. The molecule has 0 saturated heterocycles. The Morgan fingerprint density at radius 2 is 0.681 bits per heavy atom. The second-order valence-corrected chi connectivity index (χ2v) is 20.3. The lowest BCUT2D eigenvalue weighted by atomic mass is 9.52. The normalized spacial score (nSPS) is 17.2. The highest BCUT2D eigenvalue weighted by molar-refractivity contribution is 5.93. The number of anilines is 3. The summed E-state index contributed by atoms with van der Waals surface area (Å²) in [6.07, 6.45) is 0. The van der Waals surface area contributed by atoms with Gasteiger partial charge in [0.05, 0.1) is 10.8 Å². The maximum absolute atomic E-state index is 2.49. The van der Waals surface area contributed by atoms with Gasteiger partial charge in [-0.15, -0.1) is 0 Å². The number of nitrogens with zero attached hydrogens (tertiary/aromatic N) is 1. The maximum Gasteiger partial charge on any atom is 0.0720 e. The molecule has 0 aromatic heterocycles. The molecule has 1 nitrogen and oxygen atoms in total. The van der Waals surface area contributed by atoms with Crippen molar-refractivity contribution in [3.05, 3.63) is 329 Å². The number of rotatable bonds is 8. The van der Waals surface area contributed by atoms with Crippen LogP contribution in [0.15, 0.2) is 273 Å². The third kappa shape index (κ3) is 5.95. The van der Waals surface area contributed by atoms with E-state index in [0.29, 0.717) is 0 Å². The lowest BCUT2D eigenvalue weighted by Crippen LogP contribution is -2.44. The molecular formula is C71H51N. The highest BCUT2D eigenvalue weighted by atomic mass is 15.1. The first-order valence-corrected chi connectivity index (χ1v) is 25.3. The van der Waals surface area contributed by atoms with E-state index >= 15 is 0 Å². The Morgan fingerprint density at radius 1 is 0.250 bits per heavy atom. The molecule has 3 aliphatic carbocycles. The van der Waals surface area contributed by atoms with Gasteiger partial charge >= 0.3 is 0 Å². The summed E-state index contributed by atoms with van der Waals surface area (Å²) < 4.78 is 0. The summed E-state index contributed by atoms with van der Waals surface area (Å²) in [7, 11) is 0. The van der Waals surface area contributed by atoms with E-state index in [1.165, 1.54) is 100 Å². The first-order valence-electron chi connectivity index (χ1n) is 25.3. The van der Waals surface area contributed by atoms with Crippen molar-refractivity contribution in [2.75, 3.05) is 4.90 Å². The van der Waals surface area contributed by atoms with Crippen molar-refractivity contribution >= 4 is 17.1 Å². The van der Waals surface area contributed by atoms with Crippen LogP contribution in [0, 0.1) is 0 Å². The highest BCUT2D eigenvalue weighted by Gasteiger charge is 2.57. The van der Waals surface area contributed by atoms with Crippen molar-refractivity contribution in [3.63, 3.8) is 0 Å². The highest BCUT2D eigenvalue weighted by Crippen LogP contribution is 2.66. The van der Waals surface area contributed by atoms with Crippen molar-refractivity contribution < 1.29 is 0 Å². The van der Waals surface area contributed by atoms with Gasteiger partial charge in [0.25, 0.3) is 0 Å². The monoisotopic (exact) mass is 917 g/mol. The average molecular weight is 918 g/mol. The molecule has 2 unspecified atom stereocenters. The predicted octanol–water partition coefficient (Wildman–Crippen LogP) is 17.9. The maximum atomic E-state index is 2.49. The Labute approximate surface area is 423 Å². The largest absolute Gasteiger partial charge is 0.310 e. The lowest BCUT2D eigenvalue weighted by molar-refractivity contribution is 0.626. The molecule has 2 atom stereocenters. The third-order valence-electron chi connectivity index (χ3n) is 16.4. The summed E-state index contributed by atoms with van der Waals surface area (Å²) in [5.41, 5.74) is 25.1. The zero-order valence-electron chi connectivity index (χ0n) is 40.4. The van der Waals surface area contributed by atoms with E-state index < -0.39 is 10.8 Å². The van der Waals surface area contributed by atoms with Crippen LogP contribution in [0.3, 0.4) is 0 Å². The average Bonchev–Trinajstić information content (AvgIpc) is 3.88. The van der Waals surface area contributed by atoms with Crippen molar-refractivity contribution in [2.24, 2.45) is 0 Å². The van der Waals surface area contributed by atoms with E-state index in [-0.39, 0.29) is 5.41 Å². The Balaban J connectivity index is 1.02. The van der Waals surface area contributed by atoms with Crippen LogP contribution in [0.1, 0.15) is 69.5 Å². The van der Waals surface area contributed by atoms with Crippen molar-refractivity contribution in [2.45, 2.75) is 30.1 Å². The molecule has 11 aromatic carbocycles. The van der Waals surface area contributed by atoms with E-state index in [1.54, 1.807) is 0 Å². The number of hydrogen-bond acceptors (Lipinski definition) is 1. The molecule has 72 heavy (non-hydrogen) atoms. The smallest absolute Gasteiger partial charge is 0.0720 e. The third-order valence-corrected chi connectivity index (χ3v) is 16.4. The minimum Gasteiger partial charge on any atom is -0.310 e. The van der Waals surface area contributed by atoms with Crippen LogP contribution in [0.2, 0.25) is 0 Å². The zero-order chi connectivity index (χ0) is 48.0. The molecule has 0 radical (unpaired) electrons. The fraction of sp³-hybridized carbons (Fsp3) is 0.0704. The van der Waals surface area contributed by atoms with Crippen LogP contribution in [0.4, 0.5) is 17.1 Å². The standard InChI is InChI=1S/C71H51N/c1-69(2)62-33-17-15-30-58(62)60-43-42-56(47-67(60)69)72(57-45-50(48-22-7-3-8-23-48)44-51(46-57)49-24-9-4-10-25-49)55-40-38-54(39-41-55)70(52-26-11-5-12-27-52)64-35-19-20-36-65(64)71(53-28-13-6-14-29-53)63-34-18-16-31-59(63)61-32-21-37-66(70)68(61)71/h3-47H,1-2H3. The van der Waals surface area contributed by atoms with Gasteiger partial charge in [0, 0.05) is 22.5 Å². The van der Waals surface area contributed by atoms with Gasteiger partial charge in [-0.05, 0) is 143 Å². The molecule has 0 spiro atoms. The van der Waals surface area contributed by atoms with E-state index in [0.717, 1.165) is 17.1 Å². The minimum atomic E-state index is -0.649. The molecule has 0 N–H and O–H groups in total. The number of fused-ring (bicyclic) bond motifs is 8. The van der Waals surface area contributed by atoms with Gasteiger partial charge in [-0.1, -0.05) is 244 Å². The van der Waals surface area contributed by atoms with E-state index in [9.17, 15) is 0 Å². The number of benzene rings is 11. The van der Waals surface area contributed by atoms with Crippen molar-refractivity contribution in [3.8, 4) is 44.5 Å². The lowest BCUT2D eigenvalue weighted by Gasteiger charge is -2.49. The molecule has 11 aromatic rings. The van der Waals surface area contributed by atoms with E-state index in [4.69, 9.17) is 0 Å². The molecule has 1 heteroatoms.